The average Bonchev–Trinajstić information content (AvgIpc) is 2.80. The third-order valence-corrected chi connectivity index (χ3v) is 3.43. The number of urea groups is 1. The van der Waals surface area contributed by atoms with Crippen molar-refractivity contribution in [2.75, 3.05) is 19.8 Å². The van der Waals surface area contributed by atoms with Crippen molar-refractivity contribution in [2.24, 2.45) is 0 Å². The number of hydrogen-bond acceptors (Lipinski definition) is 3. The van der Waals surface area contributed by atoms with Gasteiger partial charge < -0.3 is 20.5 Å². The molecular weight excluding hydrogens is 260 g/mol. The summed E-state index contributed by atoms with van der Waals surface area (Å²) >= 11 is 0. The molecule has 3 N–H and O–H groups in total. The molecule has 6 heteroatoms. The molecule has 1 saturated carbocycles. The number of aliphatic carboxylic acids is 1. The molecule has 1 rings (SSSR count). The van der Waals surface area contributed by atoms with Gasteiger partial charge in [-0.05, 0) is 19.3 Å². The van der Waals surface area contributed by atoms with Gasteiger partial charge in [0.15, 0.2) is 0 Å². The lowest BCUT2D eigenvalue weighted by atomic mass is 9.93. The van der Waals surface area contributed by atoms with Crippen LogP contribution in [0.2, 0.25) is 0 Å². The van der Waals surface area contributed by atoms with Crippen LogP contribution < -0.4 is 10.6 Å². The van der Waals surface area contributed by atoms with Crippen LogP contribution in [0.4, 0.5) is 4.79 Å². The summed E-state index contributed by atoms with van der Waals surface area (Å²) < 4.78 is 5.28. The first kappa shape index (κ1) is 16.5. The van der Waals surface area contributed by atoms with E-state index in [1.165, 1.54) is 0 Å². The summed E-state index contributed by atoms with van der Waals surface area (Å²) in [5, 5.41) is 14.5. The van der Waals surface area contributed by atoms with Crippen LogP contribution >= 0.6 is 0 Å². The van der Waals surface area contributed by atoms with Crippen molar-refractivity contribution in [1.82, 2.24) is 10.6 Å². The number of carbonyl (C=O) groups excluding carboxylic acids is 1. The van der Waals surface area contributed by atoms with Gasteiger partial charge in [-0.2, -0.15) is 0 Å². The normalized spacial score (nSPS) is 16.6. The van der Waals surface area contributed by atoms with Crippen molar-refractivity contribution in [3.05, 3.63) is 12.7 Å². The molecule has 6 nitrogen and oxygen atoms in total. The van der Waals surface area contributed by atoms with Crippen LogP contribution in [0.5, 0.6) is 0 Å². The Bertz CT molecular complexity index is 338. The van der Waals surface area contributed by atoms with Gasteiger partial charge in [0.1, 0.15) is 0 Å². The Kier molecular flexibility index (Phi) is 7.08. The number of carboxylic acids is 1. The highest BCUT2D eigenvalue weighted by Crippen LogP contribution is 2.32. The van der Waals surface area contributed by atoms with Gasteiger partial charge in [0.25, 0.3) is 0 Å². The topological polar surface area (TPSA) is 87.7 Å². The molecule has 0 aromatic carbocycles. The standard InChI is InChI=1S/C14H24N2O4/c1-2-3-9-20-10-8-15-13(19)16-14(11-12(17)18)6-4-5-7-14/h2H,1,3-11H2,(H,17,18)(H2,15,16,19). The van der Waals surface area contributed by atoms with E-state index in [2.05, 4.69) is 17.2 Å². The summed E-state index contributed by atoms with van der Waals surface area (Å²) in [6.07, 6.45) is 5.90. The first-order chi connectivity index (χ1) is 9.58. The molecule has 1 aliphatic rings. The highest BCUT2D eigenvalue weighted by atomic mass is 16.5. The van der Waals surface area contributed by atoms with Gasteiger partial charge in [0, 0.05) is 6.54 Å². The summed E-state index contributed by atoms with van der Waals surface area (Å²) in [5.74, 6) is -0.875. The predicted octanol–water partition coefficient (Wildman–Crippen LogP) is 1.67. The average molecular weight is 284 g/mol. The van der Waals surface area contributed by atoms with Crippen LogP contribution in [-0.4, -0.2) is 42.4 Å². The first-order valence-electron chi connectivity index (χ1n) is 7.04. The van der Waals surface area contributed by atoms with Crippen molar-refractivity contribution in [3.8, 4) is 0 Å². The zero-order valence-electron chi connectivity index (χ0n) is 11.8. The van der Waals surface area contributed by atoms with Crippen LogP contribution in [0.25, 0.3) is 0 Å². The molecule has 2 amide bonds. The smallest absolute Gasteiger partial charge is 0.315 e. The van der Waals surface area contributed by atoms with E-state index in [0.717, 1.165) is 32.1 Å². The number of nitrogens with one attached hydrogen (secondary N) is 2. The molecule has 0 saturated heterocycles. The minimum absolute atomic E-state index is 0.0176. The molecule has 0 atom stereocenters. The van der Waals surface area contributed by atoms with Crippen molar-refractivity contribution in [3.63, 3.8) is 0 Å². The minimum Gasteiger partial charge on any atom is -0.481 e. The maximum Gasteiger partial charge on any atom is 0.315 e. The molecule has 0 unspecified atom stereocenters. The Morgan fingerprint density at radius 2 is 2.00 bits per heavy atom. The molecule has 0 aliphatic heterocycles. The lowest BCUT2D eigenvalue weighted by molar-refractivity contribution is -0.138. The molecule has 0 radical (unpaired) electrons. The summed E-state index contributed by atoms with van der Waals surface area (Å²) in [7, 11) is 0. The van der Waals surface area contributed by atoms with Crippen molar-refractivity contribution >= 4 is 12.0 Å². The number of hydrogen-bond donors (Lipinski definition) is 3. The zero-order valence-corrected chi connectivity index (χ0v) is 11.8. The van der Waals surface area contributed by atoms with Gasteiger partial charge in [-0.15, -0.1) is 6.58 Å². The lowest BCUT2D eigenvalue weighted by Crippen LogP contribution is -2.52. The fraction of sp³-hybridized carbons (Fsp3) is 0.714. The Balaban J connectivity index is 2.25. The third-order valence-electron chi connectivity index (χ3n) is 3.43. The van der Waals surface area contributed by atoms with Crippen LogP contribution in [0.3, 0.4) is 0 Å². The Morgan fingerprint density at radius 3 is 2.60 bits per heavy atom. The highest BCUT2D eigenvalue weighted by Gasteiger charge is 2.37. The van der Waals surface area contributed by atoms with Crippen molar-refractivity contribution < 1.29 is 19.4 Å². The monoisotopic (exact) mass is 284 g/mol. The second-order valence-corrected chi connectivity index (χ2v) is 5.13. The van der Waals surface area contributed by atoms with E-state index in [0.29, 0.717) is 19.8 Å². The number of rotatable bonds is 9. The molecule has 1 aliphatic carbocycles. The van der Waals surface area contributed by atoms with Gasteiger partial charge >= 0.3 is 12.0 Å². The Hall–Kier alpha value is -1.56. The maximum atomic E-state index is 11.8. The molecule has 0 aromatic rings. The molecule has 20 heavy (non-hydrogen) atoms. The van der Waals surface area contributed by atoms with E-state index in [1.807, 2.05) is 0 Å². The molecule has 1 fully saturated rings. The van der Waals surface area contributed by atoms with Crippen molar-refractivity contribution in [1.29, 1.82) is 0 Å². The lowest BCUT2D eigenvalue weighted by Gasteiger charge is -2.28. The second-order valence-electron chi connectivity index (χ2n) is 5.13. The largest absolute Gasteiger partial charge is 0.481 e. The minimum atomic E-state index is -0.875. The summed E-state index contributed by atoms with van der Waals surface area (Å²) in [4.78, 5) is 22.7. The Morgan fingerprint density at radius 1 is 1.30 bits per heavy atom. The van der Waals surface area contributed by atoms with Gasteiger partial charge in [-0.3, -0.25) is 4.79 Å². The number of carbonyl (C=O) groups is 2. The van der Waals surface area contributed by atoms with Crippen LogP contribution in [-0.2, 0) is 9.53 Å². The fourth-order valence-corrected chi connectivity index (χ4v) is 2.48. The predicted molar refractivity (Wildman–Crippen MR) is 75.6 cm³/mol. The van der Waals surface area contributed by atoms with E-state index in [9.17, 15) is 9.59 Å². The van der Waals surface area contributed by atoms with Crippen LogP contribution in [0, 0.1) is 0 Å². The number of amides is 2. The SMILES string of the molecule is C=CCCOCCNC(=O)NC1(CC(=O)O)CCCC1. The first-order valence-corrected chi connectivity index (χ1v) is 7.04. The van der Waals surface area contributed by atoms with Crippen LogP contribution in [0.1, 0.15) is 38.5 Å². The summed E-state index contributed by atoms with van der Waals surface area (Å²) in [6.45, 7) is 5.03. The van der Waals surface area contributed by atoms with E-state index in [-0.39, 0.29) is 12.5 Å². The molecule has 0 spiro atoms. The highest BCUT2D eigenvalue weighted by molar-refractivity contribution is 5.76. The van der Waals surface area contributed by atoms with E-state index in [4.69, 9.17) is 9.84 Å². The number of ether oxygens (including phenoxy) is 1. The molecule has 0 heterocycles. The molecule has 0 aromatic heterocycles. The van der Waals surface area contributed by atoms with E-state index in [1.54, 1.807) is 6.08 Å². The van der Waals surface area contributed by atoms with Gasteiger partial charge in [-0.1, -0.05) is 18.9 Å². The quantitative estimate of drug-likeness (QED) is 0.444. The van der Waals surface area contributed by atoms with Gasteiger partial charge in [-0.25, -0.2) is 4.79 Å². The summed E-state index contributed by atoms with van der Waals surface area (Å²) in [6, 6.07) is -0.319. The molecule has 0 bridgehead atoms. The van der Waals surface area contributed by atoms with E-state index < -0.39 is 11.5 Å². The van der Waals surface area contributed by atoms with Crippen LogP contribution in [0.15, 0.2) is 12.7 Å². The number of carboxylic acid groups (broad SMARTS) is 1. The zero-order chi connectivity index (χ0) is 14.8. The van der Waals surface area contributed by atoms with Crippen molar-refractivity contribution in [2.45, 2.75) is 44.1 Å². The van der Waals surface area contributed by atoms with Gasteiger partial charge in [0.2, 0.25) is 0 Å². The van der Waals surface area contributed by atoms with E-state index >= 15 is 0 Å². The van der Waals surface area contributed by atoms with Gasteiger partial charge in [0.05, 0.1) is 25.2 Å². The maximum absolute atomic E-state index is 11.8. The fourth-order valence-electron chi connectivity index (χ4n) is 2.48. The third kappa shape index (κ3) is 6.06. The second kappa shape index (κ2) is 8.58. The molecular formula is C14H24N2O4. The molecule has 114 valence electrons. The summed E-state index contributed by atoms with van der Waals surface area (Å²) in [5.41, 5.74) is -0.584. The Labute approximate surface area is 119 Å².